The summed E-state index contributed by atoms with van der Waals surface area (Å²) in [6, 6.07) is 9.87. The number of aromatic hydroxyl groups is 1. The minimum Gasteiger partial charge on any atom is -0.508 e. The Morgan fingerprint density at radius 3 is 1.46 bits per heavy atom. The van der Waals surface area contributed by atoms with Crippen LogP contribution in [0.15, 0.2) is 84.9 Å². The van der Waals surface area contributed by atoms with E-state index >= 15 is 4.79 Å². The number of nitrogens with two attached hydrogens (primary N) is 2. The van der Waals surface area contributed by atoms with Crippen LogP contribution in [0.2, 0.25) is 0 Å². The smallest absolute Gasteiger partial charge is 0.246 e. The summed E-state index contributed by atoms with van der Waals surface area (Å²) in [6.07, 6.45) is -0.154. The average molecular weight is 1180 g/mol. The van der Waals surface area contributed by atoms with Gasteiger partial charge in [-0.05, 0) is 98.6 Å². The molecule has 2 heterocycles. The molecule has 11 amide bonds. The number of amides is 11. The lowest BCUT2D eigenvalue weighted by Crippen LogP contribution is -2.62. The summed E-state index contributed by atoms with van der Waals surface area (Å²) in [7, 11) is 0. The van der Waals surface area contributed by atoms with E-state index in [4.69, 9.17) is 11.5 Å². The highest BCUT2D eigenvalue weighted by molar-refractivity contribution is 6.00. The van der Waals surface area contributed by atoms with Crippen LogP contribution in [0.3, 0.4) is 0 Å². The molecule has 2 fully saturated rings. The Morgan fingerprint density at radius 1 is 0.518 bits per heavy atom. The predicted octanol–water partition coefficient (Wildman–Crippen LogP) is 0.170. The van der Waals surface area contributed by atoms with E-state index in [1.54, 1.807) is 100 Å². The minimum absolute atomic E-state index is 0.00661. The summed E-state index contributed by atoms with van der Waals surface area (Å²) < 4.78 is 0. The minimum atomic E-state index is -1.67. The van der Waals surface area contributed by atoms with Gasteiger partial charge in [-0.25, -0.2) is 0 Å². The fourth-order valence-electron chi connectivity index (χ4n) is 10.2. The number of carbonyl (C=O) groups excluding carboxylic acids is 11. The molecule has 24 heteroatoms. The fourth-order valence-corrected chi connectivity index (χ4v) is 10.2. The molecule has 2 saturated heterocycles. The van der Waals surface area contributed by atoms with Crippen molar-refractivity contribution in [2.75, 3.05) is 13.1 Å². The quantitative estimate of drug-likeness (QED) is 0.0912. The summed E-state index contributed by atoms with van der Waals surface area (Å²) in [6.45, 7) is 12.0. The van der Waals surface area contributed by atoms with Crippen molar-refractivity contribution in [2.24, 2.45) is 29.2 Å². The van der Waals surface area contributed by atoms with Gasteiger partial charge in [-0.3, -0.25) is 52.7 Å². The first-order valence-corrected chi connectivity index (χ1v) is 29.2. The molecule has 3 aromatic carbocycles. The van der Waals surface area contributed by atoms with E-state index in [0.29, 0.717) is 23.1 Å². The van der Waals surface area contributed by atoms with Crippen LogP contribution >= 0.6 is 0 Å². The monoisotopic (exact) mass is 1180 g/mol. The zero-order chi connectivity index (χ0) is 62.5. The second-order valence-electron chi connectivity index (χ2n) is 23.2. The van der Waals surface area contributed by atoms with Gasteiger partial charge in [-0.15, -0.1) is 0 Å². The molecule has 0 bridgehead atoms. The largest absolute Gasteiger partial charge is 0.508 e. The second-order valence-corrected chi connectivity index (χ2v) is 23.2. The van der Waals surface area contributed by atoms with Crippen molar-refractivity contribution in [3.05, 3.63) is 102 Å². The van der Waals surface area contributed by atoms with E-state index in [-0.39, 0.29) is 82.0 Å². The molecule has 5 rings (SSSR count). The van der Waals surface area contributed by atoms with Gasteiger partial charge >= 0.3 is 0 Å². The number of nitrogens with zero attached hydrogens (tertiary/aromatic N) is 1. The number of primary amides is 1. The normalized spacial score (nSPS) is 25.1. The van der Waals surface area contributed by atoms with Gasteiger partial charge in [0.2, 0.25) is 65.0 Å². The molecule has 24 nitrogen and oxygen atoms in total. The molecule has 0 radical (unpaired) electrons. The first kappa shape index (κ1) is 67.4. The molecule has 85 heavy (non-hydrogen) atoms. The number of hydrogen-bond acceptors (Lipinski definition) is 13. The SMILES string of the molecule is CC(C)C[C@@H]1NC(=O)[C@H](CC(N)=O)NC(=O)[C@H](C)NC(=O)[C@@H](Cc2ccccc2)NC(=O)[C@H](Cc2ccccc2)NC(=O)[C@@H]2CCCN2C(=O)[C@@H](Cc2ccc(O)cc2)NC(=O)[C@H](CC(C)C)NC(=O)[C@H](CCCN)NC(=O)[C@H](C(C)C)NC1=O. The van der Waals surface area contributed by atoms with Crippen LogP contribution in [0.1, 0.15) is 110 Å². The third-order valence-electron chi connectivity index (χ3n) is 14.7. The van der Waals surface area contributed by atoms with Crippen molar-refractivity contribution in [3.8, 4) is 5.75 Å². The number of benzene rings is 3. The molecular weight excluding hydrogens is 1090 g/mol. The summed E-state index contributed by atoms with van der Waals surface area (Å²) in [5.74, 6) is -10.1. The number of carbonyl (C=O) groups is 11. The lowest BCUT2D eigenvalue weighted by atomic mass is 9.98. The first-order chi connectivity index (χ1) is 40.3. The highest BCUT2D eigenvalue weighted by atomic mass is 16.3. The van der Waals surface area contributed by atoms with Crippen molar-refractivity contribution >= 4 is 65.0 Å². The Kier molecular flexibility index (Phi) is 25.8. The topological polar surface area (TPSA) is 372 Å². The van der Waals surface area contributed by atoms with E-state index in [0.717, 1.165) is 0 Å². The molecule has 10 atom stereocenters. The summed E-state index contributed by atoms with van der Waals surface area (Å²) in [5.41, 5.74) is 13.2. The van der Waals surface area contributed by atoms with E-state index in [9.17, 15) is 53.1 Å². The van der Waals surface area contributed by atoms with Crippen molar-refractivity contribution < 1.29 is 57.8 Å². The number of nitrogens with one attached hydrogen (secondary N) is 9. The van der Waals surface area contributed by atoms with Gasteiger partial charge < -0.3 is 69.3 Å². The van der Waals surface area contributed by atoms with Crippen LogP contribution in [0.25, 0.3) is 0 Å². The zero-order valence-corrected chi connectivity index (χ0v) is 49.6. The molecule has 14 N–H and O–H groups in total. The number of phenols is 1. The number of phenolic OH excluding ortho intramolecular Hbond substituents is 1. The second kappa shape index (κ2) is 32.6. The van der Waals surface area contributed by atoms with Crippen molar-refractivity contribution in [2.45, 2.75) is 173 Å². The van der Waals surface area contributed by atoms with Gasteiger partial charge in [0.15, 0.2) is 0 Å². The summed E-state index contributed by atoms with van der Waals surface area (Å²) in [4.78, 5) is 159. The van der Waals surface area contributed by atoms with Gasteiger partial charge in [-0.1, -0.05) is 114 Å². The zero-order valence-electron chi connectivity index (χ0n) is 49.6. The Bertz CT molecular complexity index is 2800. The molecule has 2 aliphatic rings. The molecule has 0 saturated carbocycles. The Balaban J connectivity index is 1.61. The predicted molar refractivity (Wildman–Crippen MR) is 316 cm³/mol. The first-order valence-electron chi connectivity index (χ1n) is 29.2. The maximum atomic E-state index is 15.0. The van der Waals surface area contributed by atoms with Crippen molar-refractivity contribution in [3.63, 3.8) is 0 Å². The van der Waals surface area contributed by atoms with Crippen molar-refractivity contribution in [1.82, 2.24) is 52.8 Å². The summed E-state index contributed by atoms with van der Waals surface area (Å²) in [5, 5.41) is 34.5. The van der Waals surface area contributed by atoms with Crippen LogP contribution in [0.5, 0.6) is 5.75 Å². The van der Waals surface area contributed by atoms with Crippen LogP contribution in [0, 0.1) is 17.8 Å². The highest BCUT2D eigenvalue weighted by Crippen LogP contribution is 2.22. The molecule has 462 valence electrons. The van der Waals surface area contributed by atoms with Crippen LogP contribution in [-0.4, -0.2) is 148 Å². The molecule has 0 aromatic heterocycles. The lowest BCUT2D eigenvalue weighted by molar-refractivity contribution is -0.142. The van der Waals surface area contributed by atoms with Gasteiger partial charge in [0, 0.05) is 25.8 Å². The van der Waals surface area contributed by atoms with E-state index in [1.165, 1.54) is 24.0 Å². The maximum Gasteiger partial charge on any atom is 0.246 e. The Hall–Kier alpha value is -8.41. The molecule has 0 aliphatic carbocycles. The van der Waals surface area contributed by atoms with Crippen molar-refractivity contribution in [1.29, 1.82) is 0 Å². The molecule has 0 spiro atoms. The molecule has 0 unspecified atom stereocenters. The standard InChI is InChI=1S/C61H86N12O12/c1-34(2)28-43-55(79)71-48(32-40-22-24-41(74)25-23-40)61(85)73-27-15-21-49(73)59(83)70-46(31-39-18-12-9-13-19-39)56(80)69-45(30-38-16-10-8-11-17-38)54(78)64-37(7)52(76)66-47(33-50(63)75)57(81)68-44(29-35(3)4)58(82)72-51(36(5)6)60(84)65-42(20-14-26-62)53(77)67-43/h8-13,16-19,22-25,34-37,42-49,51,74H,14-15,20-21,26-33,62H2,1-7H3,(H2,63,75)(H,64,78)(H,65,84)(H,66,76)(H,67,77)(H,68,81)(H,69,80)(H,70,83)(H,71,79)(H,72,82)/t37-,42-,43-,44-,45+,46-,47-,48+,49-,51-/m0/s1. The molecule has 2 aliphatic heterocycles. The molecular formula is C61H86N12O12. The van der Waals surface area contributed by atoms with E-state index < -0.39 is 138 Å². The van der Waals surface area contributed by atoms with Gasteiger partial charge in [0.1, 0.15) is 66.2 Å². The van der Waals surface area contributed by atoms with E-state index in [1.807, 2.05) is 13.8 Å². The molecule has 3 aromatic rings. The number of fused-ring (bicyclic) bond motifs is 1. The maximum absolute atomic E-state index is 15.0. The Morgan fingerprint density at radius 2 is 0.941 bits per heavy atom. The Labute approximate surface area is 496 Å². The van der Waals surface area contributed by atoms with Crippen LogP contribution in [0.4, 0.5) is 0 Å². The van der Waals surface area contributed by atoms with Gasteiger partial charge in [-0.2, -0.15) is 0 Å². The fraction of sp³-hybridized carbons (Fsp3) is 0.525. The van der Waals surface area contributed by atoms with Crippen LogP contribution < -0.4 is 59.3 Å². The highest BCUT2D eigenvalue weighted by Gasteiger charge is 2.41. The lowest BCUT2D eigenvalue weighted by Gasteiger charge is -2.32. The van der Waals surface area contributed by atoms with Gasteiger partial charge in [0.05, 0.1) is 6.42 Å². The number of rotatable bonds is 16. The number of hydrogen-bond donors (Lipinski definition) is 12. The third-order valence-corrected chi connectivity index (χ3v) is 14.7. The summed E-state index contributed by atoms with van der Waals surface area (Å²) >= 11 is 0. The third kappa shape index (κ3) is 21.0. The van der Waals surface area contributed by atoms with Gasteiger partial charge in [0.25, 0.3) is 0 Å². The average Bonchev–Trinajstić information content (AvgIpc) is 3.99. The van der Waals surface area contributed by atoms with Crippen LogP contribution in [-0.2, 0) is 72.0 Å². The van der Waals surface area contributed by atoms with E-state index in [2.05, 4.69) is 47.9 Å².